The highest BCUT2D eigenvalue weighted by molar-refractivity contribution is 5.90. The van der Waals surface area contributed by atoms with Crippen LogP contribution in [0.15, 0.2) is 65.9 Å². The van der Waals surface area contributed by atoms with Gasteiger partial charge in [-0.25, -0.2) is 4.98 Å². The van der Waals surface area contributed by atoms with E-state index in [0.29, 0.717) is 0 Å². The van der Waals surface area contributed by atoms with Crippen molar-refractivity contribution in [3.63, 3.8) is 0 Å². The minimum Gasteiger partial charge on any atom is -0.443 e. The lowest BCUT2D eigenvalue weighted by molar-refractivity contribution is -0.117. The summed E-state index contributed by atoms with van der Waals surface area (Å²) in [6, 6.07) is 13.8. The first-order valence-corrected chi connectivity index (χ1v) is 7.04. The molecule has 1 heterocycles. The predicted octanol–water partition coefficient (Wildman–Crippen LogP) is 3.86. The molecule has 1 atom stereocenters. The van der Waals surface area contributed by atoms with E-state index in [1.807, 2.05) is 49.4 Å². The smallest absolute Gasteiger partial charge is 0.243 e. The highest BCUT2D eigenvalue weighted by Gasteiger charge is 2.10. The second-order valence-corrected chi connectivity index (χ2v) is 5.06. The van der Waals surface area contributed by atoms with Crippen LogP contribution in [-0.2, 0) is 4.79 Å². The zero-order chi connectivity index (χ0) is 15.5. The van der Waals surface area contributed by atoms with E-state index in [4.69, 9.17) is 4.42 Å². The van der Waals surface area contributed by atoms with Crippen molar-refractivity contribution in [3.05, 3.63) is 67.1 Å². The van der Waals surface area contributed by atoms with Crippen molar-refractivity contribution >= 4 is 17.0 Å². The largest absolute Gasteiger partial charge is 0.443 e. The van der Waals surface area contributed by atoms with E-state index >= 15 is 0 Å². The van der Waals surface area contributed by atoms with E-state index in [2.05, 4.69) is 16.9 Å². The molecule has 0 bridgehead atoms. The third-order valence-electron chi connectivity index (χ3n) is 3.62. The third-order valence-corrected chi connectivity index (χ3v) is 3.62. The van der Waals surface area contributed by atoms with Crippen molar-refractivity contribution in [3.8, 4) is 11.1 Å². The minimum absolute atomic E-state index is 0.0689. The second kappa shape index (κ2) is 5.85. The van der Waals surface area contributed by atoms with Crippen molar-refractivity contribution in [1.82, 2.24) is 10.3 Å². The molecular formula is C18H16N2O2. The van der Waals surface area contributed by atoms with Crippen LogP contribution in [0.4, 0.5) is 0 Å². The summed E-state index contributed by atoms with van der Waals surface area (Å²) >= 11 is 0. The van der Waals surface area contributed by atoms with Crippen LogP contribution in [0.1, 0.15) is 18.5 Å². The topological polar surface area (TPSA) is 55.1 Å². The standard InChI is InChI=1S/C18H16N2O2/c1-3-17(21)20-12(2)13-7-9-14(10-8-13)15-5-4-6-16-18(15)22-11-19-16/h3-12H,1H2,2H3,(H,20,21)/t12-/m1/s1. The van der Waals surface area contributed by atoms with Crippen molar-refractivity contribution in [2.75, 3.05) is 0 Å². The van der Waals surface area contributed by atoms with Gasteiger partial charge >= 0.3 is 0 Å². The fraction of sp³-hybridized carbons (Fsp3) is 0.111. The zero-order valence-corrected chi connectivity index (χ0v) is 12.2. The Morgan fingerprint density at radius 1 is 1.27 bits per heavy atom. The molecule has 0 aliphatic rings. The van der Waals surface area contributed by atoms with Crippen LogP contribution in [0, 0.1) is 0 Å². The summed E-state index contributed by atoms with van der Waals surface area (Å²) in [6.45, 7) is 5.39. The van der Waals surface area contributed by atoms with Crippen molar-refractivity contribution < 1.29 is 9.21 Å². The first-order valence-electron chi connectivity index (χ1n) is 7.04. The van der Waals surface area contributed by atoms with E-state index in [1.54, 1.807) is 0 Å². The third kappa shape index (κ3) is 2.63. The lowest BCUT2D eigenvalue weighted by Gasteiger charge is -2.13. The van der Waals surface area contributed by atoms with E-state index in [0.717, 1.165) is 27.8 Å². The number of nitrogens with one attached hydrogen (secondary N) is 1. The van der Waals surface area contributed by atoms with Crippen molar-refractivity contribution in [2.45, 2.75) is 13.0 Å². The normalized spacial score (nSPS) is 12.0. The van der Waals surface area contributed by atoms with Crippen LogP contribution in [0.2, 0.25) is 0 Å². The van der Waals surface area contributed by atoms with Crippen LogP contribution >= 0.6 is 0 Å². The Morgan fingerprint density at radius 3 is 2.77 bits per heavy atom. The van der Waals surface area contributed by atoms with E-state index < -0.39 is 0 Å². The molecule has 0 aliphatic carbocycles. The molecule has 4 nitrogen and oxygen atoms in total. The quantitative estimate of drug-likeness (QED) is 0.743. The van der Waals surface area contributed by atoms with E-state index in [-0.39, 0.29) is 11.9 Å². The van der Waals surface area contributed by atoms with Crippen LogP contribution in [0.5, 0.6) is 0 Å². The SMILES string of the molecule is C=CC(=O)N[C@H](C)c1ccc(-c2cccc3ncoc23)cc1. The number of para-hydroxylation sites is 1. The molecule has 0 radical (unpaired) electrons. The average Bonchev–Trinajstić information content (AvgIpc) is 3.03. The molecule has 2 aromatic carbocycles. The van der Waals surface area contributed by atoms with Gasteiger partial charge in [-0.3, -0.25) is 4.79 Å². The number of nitrogens with zero attached hydrogens (tertiary/aromatic N) is 1. The van der Waals surface area contributed by atoms with Gasteiger partial charge in [0.2, 0.25) is 5.91 Å². The zero-order valence-electron chi connectivity index (χ0n) is 12.2. The molecule has 0 spiro atoms. The summed E-state index contributed by atoms with van der Waals surface area (Å²) < 4.78 is 5.47. The fourth-order valence-electron chi connectivity index (χ4n) is 2.42. The highest BCUT2D eigenvalue weighted by atomic mass is 16.3. The molecule has 1 amide bonds. The summed E-state index contributed by atoms with van der Waals surface area (Å²) in [7, 11) is 0. The summed E-state index contributed by atoms with van der Waals surface area (Å²) in [4.78, 5) is 15.5. The molecule has 3 aromatic rings. The van der Waals surface area contributed by atoms with Gasteiger partial charge < -0.3 is 9.73 Å². The number of carbonyl (C=O) groups excluding carboxylic acids is 1. The van der Waals surface area contributed by atoms with Crippen LogP contribution in [-0.4, -0.2) is 10.9 Å². The molecule has 0 fully saturated rings. The molecular weight excluding hydrogens is 276 g/mol. The van der Waals surface area contributed by atoms with Gasteiger partial charge in [0.1, 0.15) is 5.52 Å². The maximum Gasteiger partial charge on any atom is 0.243 e. The number of aromatic nitrogens is 1. The number of rotatable bonds is 4. The Balaban J connectivity index is 1.90. The molecule has 110 valence electrons. The number of carbonyl (C=O) groups is 1. The van der Waals surface area contributed by atoms with Gasteiger partial charge in [0.15, 0.2) is 12.0 Å². The van der Waals surface area contributed by atoms with Gasteiger partial charge in [0.25, 0.3) is 0 Å². The monoisotopic (exact) mass is 292 g/mol. The second-order valence-electron chi connectivity index (χ2n) is 5.06. The Labute approximate surface area is 128 Å². The highest BCUT2D eigenvalue weighted by Crippen LogP contribution is 2.28. The lowest BCUT2D eigenvalue weighted by atomic mass is 10.0. The van der Waals surface area contributed by atoms with Gasteiger partial charge in [-0.05, 0) is 30.2 Å². The van der Waals surface area contributed by atoms with Crippen LogP contribution < -0.4 is 5.32 Å². The van der Waals surface area contributed by atoms with Crippen LogP contribution in [0.25, 0.3) is 22.2 Å². The Bertz CT molecular complexity index is 818. The molecule has 1 N–H and O–H groups in total. The molecule has 1 aromatic heterocycles. The maximum absolute atomic E-state index is 11.4. The van der Waals surface area contributed by atoms with Gasteiger partial charge in [-0.1, -0.05) is 43.0 Å². The molecule has 0 saturated heterocycles. The Hall–Kier alpha value is -2.88. The molecule has 0 aliphatic heterocycles. The number of hydrogen-bond acceptors (Lipinski definition) is 3. The predicted molar refractivity (Wildman–Crippen MR) is 86.2 cm³/mol. The Morgan fingerprint density at radius 2 is 2.05 bits per heavy atom. The number of benzene rings is 2. The molecule has 22 heavy (non-hydrogen) atoms. The number of hydrogen-bond donors (Lipinski definition) is 1. The van der Waals surface area contributed by atoms with Crippen molar-refractivity contribution in [2.24, 2.45) is 0 Å². The average molecular weight is 292 g/mol. The summed E-state index contributed by atoms with van der Waals surface area (Å²) in [5.41, 5.74) is 4.71. The van der Waals surface area contributed by atoms with Gasteiger partial charge in [0.05, 0.1) is 6.04 Å². The van der Waals surface area contributed by atoms with Gasteiger partial charge in [0, 0.05) is 5.56 Å². The first kappa shape index (κ1) is 14.1. The molecule has 3 rings (SSSR count). The summed E-state index contributed by atoms with van der Waals surface area (Å²) in [6.07, 6.45) is 2.73. The van der Waals surface area contributed by atoms with Crippen molar-refractivity contribution in [1.29, 1.82) is 0 Å². The summed E-state index contributed by atoms with van der Waals surface area (Å²) in [5.74, 6) is -0.178. The Kier molecular flexibility index (Phi) is 3.74. The van der Waals surface area contributed by atoms with Gasteiger partial charge in [-0.15, -0.1) is 0 Å². The maximum atomic E-state index is 11.4. The van der Waals surface area contributed by atoms with E-state index in [9.17, 15) is 4.79 Å². The minimum atomic E-state index is -0.178. The molecule has 4 heteroatoms. The van der Waals surface area contributed by atoms with E-state index in [1.165, 1.54) is 12.5 Å². The summed E-state index contributed by atoms with van der Waals surface area (Å²) in [5, 5.41) is 2.85. The molecule has 0 saturated carbocycles. The first-order chi connectivity index (χ1) is 10.7. The fourth-order valence-corrected chi connectivity index (χ4v) is 2.42. The van der Waals surface area contributed by atoms with Gasteiger partial charge in [-0.2, -0.15) is 0 Å². The number of fused-ring (bicyclic) bond motifs is 1. The molecule has 0 unspecified atom stereocenters. The lowest BCUT2D eigenvalue weighted by Crippen LogP contribution is -2.24. The van der Waals surface area contributed by atoms with Crippen LogP contribution in [0.3, 0.4) is 0 Å². The number of oxazole rings is 1. The number of amides is 1.